The first kappa shape index (κ1) is 23.1. The third kappa shape index (κ3) is 3.95. The minimum Gasteiger partial charge on any atom is -0.489 e. The predicted molar refractivity (Wildman–Crippen MR) is 141 cm³/mol. The first-order valence-corrected chi connectivity index (χ1v) is 13.4. The molecule has 0 spiro atoms. The smallest absolute Gasteiger partial charge is 0.305 e. The number of carbonyl (C=O) groups is 2. The summed E-state index contributed by atoms with van der Waals surface area (Å²) in [5, 5.41) is 0.413. The Hall–Kier alpha value is -3.33. The quantitative estimate of drug-likeness (QED) is 0.344. The molecule has 0 radical (unpaired) electrons. The highest BCUT2D eigenvalue weighted by molar-refractivity contribution is 8.00. The van der Waals surface area contributed by atoms with E-state index in [-0.39, 0.29) is 16.7 Å². The van der Waals surface area contributed by atoms with Gasteiger partial charge in [-0.3, -0.25) is 14.4 Å². The number of thiazole rings is 1. The van der Waals surface area contributed by atoms with Crippen molar-refractivity contribution >= 4 is 52.2 Å². The van der Waals surface area contributed by atoms with Crippen molar-refractivity contribution in [2.45, 2.75) is 22.8 Å². The van der Waals surface area contributed by atoms with E-state index in [1.807, 2.05) is 36.4 Å². The number of nitrogens with one attached hydrogen (secondary N) is 1. The van der Waals surface area contributed by atoms with Crippen molar-refractivity contribution in [1.29, 1.82) is 0 Å². The van der Waals surface area contributed by atoms with Gasteiger partial charge in [0, 0.05) is 21.4 Å². The van der Waals surface area contributed by atoms with Gasteiger partial charge in [-0.2, -0.15) is 0 Å². The summed E-state index contributed by atoms with van der Waals surface area (Å²) in [6.07, 6.45) is 0. The molecule has 0 aliphatic carbocycles. The number of ether oxygens (including phenoxy) is 1. The Morgan fingerprint density at radius 3 is 2.39 bits per heavy atom. The maximum absolute atomic E-state index is 13.9. The second kappa shape index (κ2) is 9.28. The predicted octanol–water partition coefficient (Wildman–Crippen LogP) is 5.46. The lowest BCUT2D eigenvalue weighted by Gasteiger charge is -2.31. The van der Waals surface area contributed by atoms with Crippen LogP contribution in [0.1, 0.15) is 21.9 Å². The Labute approximate surface area is 219 Å². The van der Waals surface area contributed by atoms with Crippen LogP contribution in [0.5, 0.6) is 5.75 Å². The van der Waals surface area contributed by atoms with E-state index < -0.39 is 17.1 Å². The second-order valence-electron chi connectivity index (χ2n) is 8.55. The average Bonchev–Trinajstić information content (AvgIpc) is 3.38. The van der Waals surface area contributed by atoms with Crippen molar-refractivity contribution in [1.82, 2.24) is 4.98 Å². The van der Waals surface area contributed by atoms with Crippen molar-refractivity contribution in [3.05, 3.63) is 110 Å². The highest BCUT2D eigenvalue weighted by Crippen LogP contribution is 2.54. The van der Waals surface area contributed by atoms with Crippen LogP contribution in [-0.2, 0) is 16.2 Å². The van der Waals surface area contributed by atoms with Crippen molar-refractivity contribution in [3.63, 3.8) is 0 Å². The summed E-state index contributed by atoms with van der Waals surface area (Å²) in [6.45, 7) is 0.324. The van der Waals surface area contributed by atoms with E-state index in [9.17, 15) is 14.4 Å². The molecule has 2 aliphatic heterocycles. The number of hydrogen-bond donors (Lipinski definition) is 1. The fourth-order valence-corrected chi connectivity index (χ4v) is 7.50. The third-order valence-corrected chi connectivity index (χ3v) is 9.02. The molecule has 0 bridgehead atoms. The molecule has 6 rings (SSSR count). The van der Waals surface area contributed by atoms with E-state index in [0.29, 0.717) is 38.5 Å². The molecule has 6 nitrogen and oxygen atoms in total. The normalized spacial score (nSPS) is 20.8. The molecule has 1 saturated heterocycles. The number of H-pyrrole nitrogens is 1. The molecule has 3 aromatic carbocycles. The highest BCUT2D eigenvalue weighted by atomic mass is 35.5. The fraction of sp³-hybridized carbons (Fsp3) is 0.148. The standard InChI is InChI=1S/C27H19ClN2O4S2/c28-16-11-12-19(34-14-15-7-3-1-4-8-15)18(13-16)20-21-23(35-24-22(20)36-27(33)29-24)26(32)30(25(21)31)17-9-5-2-6-10-17/h1-13,20-21,23H,14H2,(H,29,33)/t20-,21?,23?/m1/s1. The zero-order valence-electron chi connectivity index (χ0n) is 18.7. The number of rotatable bonds is 5. The van der Waals surface area contributed by atoms with Crippen LogP contribution in [0.25, 0.3) is 0 Å². The molecular weight excluding hydrogens is 516 g/mol. The Morgan fingerprint density at radius 2 is 1.64 bits per heavy atom. The van der Waals surface area contributed by atoms with Crippen LogP contribution in [0.3, 0.4) is 0 Å². The van der Waals surface area contributed by atoms with E-state index in [0.717, 1.165) is 16.9 Å². The number of aromatic nitrogens is 1. The molecule has 4 aromatic rings. The molecule has 1 fully saturated rings. The summed E-state index contributed by atoms with van der Waals surface area (Å²) in [5.74, 6) is -1.31. The Balaban J connectivity index is 1.46. The second-order valence-corrected chi connectivity index (χ2v) is 11.2. The molecule has 3 atom stereocenters. The number of imide groups is 1. The van der Waals surface area contributed by atoms with Gasteiger partial charge in [0.1, 0.15) is 17.6 Å². The number of amides is 2. The number of thioether (sulfide) groups is 1. The summed E-state index contributed by atoms with van der Waals surface area (Å²) < 4.78 is 6.22. The molecule has 3 heterocycles. The Morgan fingerprint density at radius 1 is 0.917 bits per heavy atom. The number of nitrogens with zero attached hydrogens (tertiary/aromatic N) is 1. The molecule has 2 amide bonds. The number of benzene rings is 3. The first-order valence-electron chi connectivity index (χ1n) is 11.3. The number of para-hydroxylation sites is 1. The van der Waals surface area contributed by atoms with Gasteiger partial charge in [-0.1, -0.05) is 83.2 Å². The van der Waals surface area contributed by atoms with Gasteiger partial charge in [-0.25, -0.2) is 4.90 Å². The van der Waals surface area contributed by atoms with Gasteiger partial charge >= 0.3 is 4.87 Å². The fourth-order valence-electron chi connectivity index (χ4n) is 4.81. The summed E-state index contributed by atoms with van der Waals surface area (Å²) in [6, 6.07) is 24.0. The number of anilines is 1. The van der Waals surface area contributed by atoms with Gasteiger partial charge in [0.2, 0.25) is 11.8 Å². The zero-order valence-corrected chi connectivity index (χ0v) is 21.1. The Bertz CT molecular complexity index is 1520. The Kier molecular flexibility index (Phi) is 5.95. The molecule has 2 unspecified atom stereocenters. The van der Waals surface area contributed by atoms with Gasteiger partial charge in [-0.05, 0) is 35.9 Å². The van der Waals surface area contributed by atoms with Crippen LogP contribution < -0.4 is 14.5 Å². The van der Waals surface area contributed by atoms with Crippen molar-refractivity contribution in [2.24, 2.45) is 5.92 Å². The van der Waals surface area contributed by atoms with E-state index in [1.165, 1.54) is 16.7 Å². The van der Waals surface area contributed by atoms with Gasteiger partial charge < -0.3 is 9.72 Å². The molecule has 9 heteroatoms. The number of halogens is 1. The molecule has 0 saturated carbocycles. The molecule has 180 valence electrons. The van der Waals surface area contributed by atoms with Crippen molar-refractivity contribution in [2.75, 3.05) is 4.90 Å². The van der Waals surface area contributed by atoms with Gasteiger partial charge in [0.05, 0.1) is 16.6 Å². The number of carbonyl (C=O) groups excluding carboxylic acids is 2. The van der Waals surface area contributed by atoms with Gasteiger partial charge in [-0.15, -0.1) is 0 Å². The first-order chi connectivity index (χ1) is 17.5. The van der Waals surface area contributed by atoms with E-state index >= 15 is 0 Å². The molecule has 1 N–H and O–H groups in total. The minimum atomic E-state index is -0.709. The number of hydrogen-bond acceptors (Lipinski definition) is 6. The lowest BCUT2D eigenvalue weighted by molar-refractivity contribution is -0.122. The van der Waals surface area contributed by atoms with E-state index in [1.54, 1.807) is 42.5 Å². The third-order valence-electron chi connectivity index (χ3n) is 6.38. The van der Waals surface area contributed by atoms with Crippen molar-refractivity contribution < 1.29 is 14.3 Å². The SMILES string of the molecule is O=C1C2Sc3[nH]c(=O)sc3[C@H](c3cc(Cl)ccc3OCc3ccccc3)C2C(=O)N1c1ccccc1. The van der Waals surface area contributed by atoms with Crippen molar-refractivity contribution in [3.8, 4) is 5.75 Å². The monoisotopic (exact) mass is 534 g/mol. The maximum atomic E-state index is 13.9. The average molecular weight is 535 g/mol. The maximum Gasteiger partial charge on any atom is 0.305 e. The van der Waals surface area contributed by atoms with Crippen LogP contribution in [0.4, 0.5) is 5.69 Å². The van der Waals surface area contributed by atoms with Crippen LogP contribution >= 0.6 is 34.7 Å². The van der Waals surface area contributed by atoms with Crippen LogP contribution in [0.2, 0.25) is 5.02 Å². The molecular formula is C27H19ClN2O4S2. The largest absolute Gasteiger partial charge is 0.489 e. The zero-order chi connectivity index (χ0) is 24.8. The summed E-state index contributed by atoms with van der Waals surface area (Å²) >= 11 is 8.73. The number of aromatic amines is 1. The van der Waals surface area contributed by atoms with Crippen LogP contribution in [0, 0.1) is 5.92 Å². The molecule has 36 heavy (non-hydrogen) atoms. The lowest BCUT2D eigenvalue weighted by Crippen LogP contribution is -2.32. The van der Waals surface area contributed by atoms with E-state index in [2.05, 4.69) is 4.98 Å². The summed E-state index contributed by atoms with van der Waals surface area (Å²) in [4.78, 5) is 44.4. The van der Waals surface area contributed by atoms with Gasteiger partial charge in [0.25, 0.3) is 0 Å². The van der Waals surface area contributed by atoms with Crippen LogP contribution in [-0.4, -0.2) is 22.0 Å². The molecule has 2 aliphatic rings. The summed E-state index contributed by atoms with van der Waals surface area (Å²) in [5.41, 5.74) is 2.20. The molecule has 1 aromatic heterocycles. The minimum absolute atomic E-state index is 0.230. The lowest BCUT2D eigenvalue weighted by atomic mass is 9.82. The van der Waals surface area contributed by atoms with Crippen LogP contribution in [0.15, 0.2) is 88.7 Å². The van der Waals surface area contributed by atoms with E-state index in [4.69, 9.17) is 16.3 Å². The van der Waals surface area contributed by atoms with Gasteiger partial charge in [0.15, 0.2) is 0 Å². The summed E-state index contributed by atoms with van der Waals surface area (Å²) in [7, 11) is 0. The topological polar surface area (TPSA) is 79.5 Å². The number of fused-ring (bicyclic) bond motifs is 2. The highest BCUT2D eigenvalue weighted by Gasteiger charge is 2.56.